The van der Waals surface area contributed by atoms with Crippen LogP contribution >= 0.6 is 0 Å². The van der Waals surface area contributed by atoms with Crippen LogP contribution in [-0.4, -0.2) is 42.1 Å². The molecule has 1 aromatic heterocycles. The van der Waals surface area contributed by atoms with Crippen molar-refractivity contribution in [2.24, 2.45) is 0 Å². The summed E-state index contributed by atoms with van der Waals surface area (Å²) in [4.78, 5) is 21.1. The number of pyridine rings is 1. The number of nitrogens with zero attached hydrogens (tertiary/aromatic N) is 3. The van der Waals surface area contributed by atoms with Crippen LogP contribution in [0.1, 0.15) is 18.1 Å². The van der Waals surface area contributed by atoms with Gasteiger partial charge >= 0.3 is 6.03 Å². The van der Waals surface area contributed by atoms with E-state index in [1.165, 1.54) is 5.56 Å². The number of piperazine rings is 1. The third-order valence-corrected chi connectivity index (χ3v) is 4.51. The van der Waals surface area contributed by atoms with Gasteiger partial charge in [-0.1, -0.05) is 31.2 Å². The quantitative estimate of drug-likeness (QED) is 0.942. The number of nitrogens with one attached hydrogen (secondary N) is 1. The molecule has 24 heavy (non-hydrogen) atoms. The monoisotopic (exact) mass is 324 g/mol. The topological polar surface area (TPSA) is 48.5 Å². The number of amides is 2. The van der Waals surface area contributed by atoms with Gasteiger partial charge in [0.2, 0.25) is 0 Å². The predicted molar refractivity (Wildman–Crippen MR) is 97.6 cm³/mol. The van der Waals surface area contributed by atoms with E-state index < -0.39 is 0 Å². The number of carbonyl (C=O) groups is 1. The fraction of sp³-hybridized carbons (Fsp3) is 0.368. The van der Waals surface area contributed by atoms with E-state index in [-0.39, 0.29) is 6.03 Å². The van der Waals surface area contributed by atoms with Gasteiger partial charge in [-0.2, -0.15) is 0 Å². The second-order valence-corrected chi connectivity index (χ2v) is 6.05. The SMILES string of the molecule is CCc1cccc(C)c1NC(=O)N1CCN(c2ccccn2)CC1. The first kappa shape index (κ1) is 16.3. The molecule has 5 nitrogen and oxygen atoms in total. The number of aromatic nitrogens is 1. The van der Waals surface area contributed by atoms with Crippen LogP contribution in [0.25, 0.3) is 0 Å². The summed E-state index contributed by atoms with van der Waals surface area (Å²) in [6.07, 6.45) is 2.71. The van der Waals surface area contributed by atoms with Crippen LogP contribution in [0.5, 0.6) is 0 Å². The molecule has 0 unspecified atom stereocenters. The molecule has 1 aliphatic heterocycles. The third kappa shape index (κ3) is 3.50. The number of benzene rings is 1. The maximum atomic E-state index is 12.6. The second kappa shape index (κ2) is 7.34. The molecule has 2 aromatic rings. The molecule has 2 amide bonds. The number of hydrogen-bond donors (Lipinski definition) is 1. The Hall–Kier alpha value is -2.56. The van der Waals surface area contributed by atoms with Crippen LogP contribution in [0.2, 0.25) is 0 Å². The average Bonchev–Trinajstić information content (AvgIpc) is 2.64. The molecule has 0 spiro atoms. The summed E-state index contributed by atoms with van der Waals surface area (Å²) in [7, 11) is 0. The smallest absolute Gasteiger partial charge is 0.321 e. The van der Waals surface area contributed by atoms with Crippen molar-refractivity contribution < 1.29 is 4.79 Å². The largest absolute Gasteiger partial charge is 0.353 e. The van der Waals surface area contributed by atoms with Crippen molar-refractivity contribution in [1.82, 2.24) is 9.88 Å². The van der Waals surface area contributed by atoms with E-state index in [0.717, 1.165) is 36.6 Å². The molecule has 1 aromatic carbocycles. The minimum Gasteiger partial charge on any atom is -0.353 e. The van der Waals surface area contributed by atoms with Gasteiger partial charge in [0.1, 0.15) is 5.82 Å². The van der Waals surface area contributed by atoms with Crippen molar-refractivity contribution in [1.29, 1.82) is 0 Å². The van der Waals surface area contributed by atoms with Gasteiger partial charge in [-0.3, -0.25) is 0 Å². The number of aryl methyl sites for hydroxylation is 2. The molecule has 1 fully saturated rings. The summed E-state index contributed by atoms with van der Waals surface area (Å²) >= 11 is 0. The maximum Gasteiger partial charge on any atom is 0.321 e. The number of urea groups is 1. The van der Waals surface area contributed by atoms with E-state index in [2.05, 4.69) is 28.2 Å². The van der Waals surface area contributed by atoms with E-state index in [9.17, 15) is 4.79 Å². The number of hydrogen-bond acceptors (Lipinski definition) is 3. The number of anilines is 2. The van der Waals surface area contributed by atoms with E-state index >= 15 is 0 Å². The van der Waals surface area contributed by atoms with E-state index in [1.54, 1.807) is 6.20 Å². The number of para-hydroxylation sites is 1. The fourth-order valence-electron chi connectivity index (χ4n) is 3.07. The van der Waals surface area contributed by atoms with Gasteiger partial charge in [0.15, 0.2) is 0 Å². The van der Waals surface area contributed by atoms with Crippen molar-refractivity contribution in [2.75, 3.05) is 36.4 Å². The molecule has 2 heterocycles. The van der Waals surface area contributed by atoms with Crippen LogP contribution in [0, 0.1) is 6.92 Å². The van der Waals surface area contributed by atoms with E-state index in [0.29, 0.717) is 13.1 Å². The molecular weight excluding hydrogens is 300 g/mol. The lowest BCUT2D eigenvalue weighted by Gasteiger charge is -2.35. The molecule has 0 radical (unpaired) electrons. The Balaban J connectivity index is 1.62. The summed E-state index contributed by atoms with van der Waals surface area (Å²) in [5.74, 6) is 0.977. The van der Waals surface area contributed by atoms with Gasteiger partial charge in [0.05, 0.1) is 0 Å². The Morgan fingerprint density at radius 2 is 1.92 bits per heavy atom. The molecule has 1 N–H and O–H groups in total. The predicted octanol–water partition coefficient (Wildman–Crippen LogP) is 3.31. The lowest BCUT2D eigenvalue weighted by atomic mass is 10.1. The maximum absolute atomic E-state index is 12.6. The van der Waals surface area contributed by atoms with Gasteiger partial charge in [-0.25, -0.2) is 9.78 Å². The van der Waals surface area contributed by atoms with Crippen molar-refractivity contribution in [3.05, 3.63) is 53.7 Å². The highest BCUT2D eigenvalue weighted by atomic mass is 16.2. The summed E-state index contributed by atoms with van der Waals surface area (Å²) in [6, 6.07) is 12.0. The molecule has 0 aliphatic carbocycles. The molecule has 1 saturated heterocycles. The van der Waals surface area contributed by atoms with Gasteiger partial charge in [0.25, 0.3) is 0 Å². The van der Waals surface area contributed by atoms with Gasteiger partial charge in [-0.15, -0.1) is 0 Å². The highest BCUT2D eigenvalue weighted by Crippen LogP contribution is 2.22. The first-order valence-corrected chi connectivity index (χ1v) is 8.49. The lowest BCUT2D eigenvalue weighted by Crippen LogP contribution is -2.50. The standard InChI is InChI=1S/C19H24N4O/c1-3-16-8-6-7-15(2)18(16)21-19(24)23-13-11-22(12-14-23)17-9-4-5-10-20-17/h4-10H,3,11-14H2,1-2H3,(H,21,24). The molecule has 126 valence electrons. The Kier molecular flexibility index (Phi) is 4.99. The Bertz CT molecular complexity index is 694. The Morgan fingerprint density at radius 1 is 1.12 bits per heavy atom. The Morgan fingerprint density at radius 3 is 2.58 bits per heavy atom. The van der Waals surface area contributed by atoms with Crippen molar-refractivity contribution in [3.63, 3.8) is 0 Å². The molecule has 1 aliphatic rings. The number of rotatable bonds is 3. The van der Waals surface area contributed by atoms with Crippen LogP contribution in [-0.2, 0) is 6.42 Å². The van der Waals surface area contributed by atoms with Gasteiger partial charge in [-0.05, 0) is 36.6 Å². The third-order valence-electron chi connectivity index (χ3n) is 4.51. The van der Waals surface area contributed by atoms with Crippen molar-refractivity contribution in [2.45, 2.75) is 20.3 Å². The second-order valence-electron chi connectivity index (χ2n) is 6.05. The average molecular weight is 324 g/mol. The summed E-state index contributed by atoms with van der Waals surface area (Å²) < 4.78 is 0. The molecule has 0 atom stereocenters. The minimum atomic E-state index is -0.0142. The summed E-state index contributed by atoms with van der Waals surface area (Å²) in [5.41, 5.74) is 3.24. The number of carbonyl (C=O) groups excluding carboxylic acids is 1. The molecule has 3 rings (SSSR count). The molecular formula is C19H24N4O. The van der Waals surface area contributed by atoms with Crippen molar-refractivity contribution >= 4 is 17.5 Å². The normalized spacial score (nSPS) is 14.6. The van der Waals surface area contributed by atoms with Crippen LogP contribution in [0.15, 0.2) is 42.6 Å². The zero-order valence-electron chi connectivity index (χ0n) is 14.3. The zero-order valence-corrected chi connectivity index (χ0v) is 14.3. The zero-order chi connectivity index (χ0) is 16.9. The van der Waals surface area contributed by atoms with Crippen LogP contribution in [0.4, 0.5) is 16.3 Å². The van der Waals surface area contributed by atoms with Gasteiger partial charge in [0, 0.05) is 38.1 Å². The first-order chi connectivity index (χ1) is 11.7. The lowest BCUT2D eigenvalue weighted by molar-refractivity contribution is 0.208. The Labute approximate surface area is 143 Å². The van der Waals surface area contributed by atoms with Crippen molar-refractivity contribution in [3.8, 4) is 0 Å². The highest BCUT2D eigenvalue weighted by Gasteiger charge is 2.22. The highest BCUT2D eigenvalue weighted by molar-refractivity contribution is 5.91. The molecule has 0 saturated carbocycles. The summed E-state index contributed by atoms with van der Waals surface area (Å²) in [6.45, 7) is 7.16. The summed E-state index contributed by atoms with van der Waals surface area (Å²) in [5, 5.41) is 3.11. The van der Waals surface area contributed by atoms with Gasteiger partial charge < -0.3 is 15.1 Å². The molecule has 0 bridgehead atoms. The van der Waals surface area contributed by atoms with Crippen LogP contribution < -0.4 is 10.2 Å². The van der Waals surface area contributed by atoms with Crippen LogP contribution in [0.3, 0.4) is 0 Å². The van der Waals surface area contributed by atoms with E-state index in [1.807, 2.05) is 42.2 Å². The fourth-order valence-corrected chi connectivity index (χ4v) is 3.07. The van der Waals surface area contributed by atoms with E-state index in [4.69, 9.17) is 0 Å². The first-order valence-electron chi connectivity index (χ1n) is 8.49. The molecule has 5 heteroatoms. The minimum absolute atomic E-state index is 0.0142.